The number of nitrogens with one attached hydrogen (secondary N) is 1. The van der Waals surface area contributed by atoms with Gasteiger partial charge in [-0.2, -0.15) is 0 Å². The van der Waals surface area contributed by atoms with Crippen LogP contribution in [0.4, 0.5) is 5.69 Å². The lowest BCUT2D eigenvalue weighted by Crippen LogP contribution is -2.40. The molecule has 4 rings (SSSR count). The Kier molecular flexibility index (Phi) is 5.12. The number of rotatable bonds is 4. The van der Waals surface area contributed by atoms with Crippen LogP contribution in [0.5, 0.6) is 5.75 Å². The number of hydrogen-bond donors (Lipinski definition) is 2. The van der Waals surface area contributed by atoms with Crippen LogP contribution in [0.15, 0.2) is 65.6 Å². The van der Waals surface area contributed by atoms with Crippen molar-refractivity contribution in [2.45, 2.75) is 4.90 Å². The van der Waals surface area contributed by atoms with E-state index in [-0.39, 0.29) is 22.1 Å². The predicted molar refractivity (Wildman–Crippen MR) is 110 cm³/mol. The number of hydrogen-bond acceptors (Lipinski definition) is 5. The summed E-state index contributed by atoms with van der Waals surface area (Å²) in [6, 6.07) is 16.1. The molecule has 0 unspecified atom stereocenters. The minimum atomic E-state index is -3.78. The summed E-state index contributed by atoms with van der Waals surface area (Å²) < 4.78 is 33.2. The van der Waals surface area contributed by atoms with Crippen LogP contribution in [-0.4, -0.2) is 50.6 Å². The SMILES string of the molecule is O=C(c1ccc2c(NS(=O)(=O)c3ccccc3)cccc2c1O)N1CCOCC1. The first-order valence-corrected chi connectivity index (χ1v) is 10.7. The highest BCUT2D eigenvalue weighted by atomic mass is 32.2. The Morgan fingerprint density at radius 2 is 1.66 bits per heavy atom. The third kappa shape index (κ3) is 3.76. The van der Waals surface area contributed by atoms with E-state index in [1.165, 1.54) is 18.2 Å². The Balaban J connectivity index is 1.71. The first-order valence-electron chi connectivity index (χ1n) is 9.17. The number of morpholine rings is 1. The van der Waals surface area contributed by atoms with Crippen molar-refractivity contribution in [2.75, 3.05) is 31.0 Å². The van der Waals surface area contributed by atoms with Gasteiger partial charge in [0.05, 0.1) is 29.4 Å². The Morgan fingerprint density at radius 3 is 2.38 bits per heavy atom. The molecule has 0 aliphatic carbocycles. The quantitative estimate of drug-likeness (QED) is 0.687. The summed E-state index contributed by atoms with van der Waals surface area (Å²) in [4.78, 5) is 14.5. The number of aromatic hydroxyl groups is 1. The van der Waals surface area contributed by atoms with Gasteiger partial charge in [-0.1, -0.05) is 36.4 Å². The maximum Gasteiger partial charge on any atom is 0.261 e. The molecule has 0 spiro atoms. The van der Waals surface area contributed by atoms with Gasteiger partial charge in [0.25, 0.3) is 15.9 Å². The number of phenolic OH excluding ortho intramolecular Hbond substituents is 1. The Labute approximate surface area is 168 Å². The average Bonchev–Trinajstić information content (AvgIpc) is 2.75. The van der Waals surface area contributed by atoms with Crippen LogP contribution in [0.25, 0.3) is 10.8 Å². The van der Waals surface area contributed by atoms with Crippen molar-refractivity contribution < 1.29 is 23.1 Å². The van der Waals surface area contributed by atoms with Gasteiger partial charge in [-0.15, -0.1) is 0 Å². The smallest absolute Gasteiger partial charge is 0.261 e. The lowest BCUT2D eigenvalue weighted by atomic mass is 10.0. The van der Waals surface area contributed by atoms with Gasteiger partial charge < -0.3 is 14.7 Å². The second kappa shape index (κ2) is 7.73. The molecule has 3 aromatic rings. The maximum atomic E-state index is 12.8. The summed E-state index contributed by atoms with van der Waals surface area (Å²) in [5, 5.41) is 11.6. The van der Waals surface area contributed by atoms with Gasteiger partial charge in [-0.3, -0.25) is 9.52 Å². The molecule has 1 saturated heterocycles. The first-order chi connectivity index (χ1) is 14.0. The molecule has 1 aliphatic heterocycles. The van der Waals surface area contributed by atoms with Crippen molar-refractivity contribution in [1.29, 1.82) is 0 Å². The minimum Gasteiger partial charge on any atom is -0.506 e. The fourth-order valence-corrected chi connectivity index (χ4v) is 4.44. The number of phenols is 1. The fourth-order valence-electron chi connectivity index (χ4n) is 3.34. The third-order valence-corrected chi connectivity index (χ3v) is 6.24. The molecule has 0 saturated carbocycles. The van der Waals surface area contributed by atoms with Crippen molar-refractivity contribution in [3.8, 4) is 5.75 Å². The molecular weight excluding hydrogens is 392 g/mol. The fraction of sp³-hybridized carbons (Fsp3) is 0.190. The molecular formula is C21H20N2O5S. The number of carbonyl (C=O) groups is 1. The van der Waals surface area contributed by atoms with Crippen LogP contribution >= 0.6 is 0 Å². The molecule has 0 radical (unpaired) electrons. The van der Waals surface area contributed by atoms with Gasteiger partial charge in [-0.05, 0) is 24.3 Å². The van der Waals surface area contributed by atoms with Crippen molar-refractivity contribution >= 4 is 32.4 Å². The number of nitrogens with zero attached hydrogens (tertiary/aromatic N) is 1. The molecule has 1 fully saturated rings. The van der Waals surface area contributed by atoms with Crippen molar-refractivity contribution in [3.63, 3.8) is 0 Å². The number of carbonyl (C=O) groups excluding carboxylic acids is 1. The van der Waals surface area contributed by atoms with Crippen LogP contribution in [0.3, 0.4) is 0 Å². The average molecular weight is 412 g/mol. The number of fused-ring (bicyclic) bond motifs is 1. The number of anilines is 1. The Hall–Kier alpha value is -3.10. The summed E-state index contributed by atoms with van der Waals surface area (Å²) in [7, 11) is -3.78. The van der Waals surface area contributed by atoms with E-state index in [0.29, 0.717) is 42.8 Å². The Bertz CT molecular complexity index is 1160. The van der Waals surface area contributed by atoms with E-state index in [4.69, 9.17) is 4.74 Å². The van der Waals surface area contributed by atoms with E-state index >= 15 is 0 Å². The summed E-state index contributed by atoms with van der Waals surface area (Å²) in [5.41, 5.74) is 0.509. The van der Waals surface area contributed by atoms with Gasteiger partial charge in [-0.25, -0.2) is 8.42 Å². The molecule has 29 heavy (non-hydrogen) atoms. The van der Waals surface area contributed by atoms with Crippen LogP contribution < -0.4 is 4.72 Å². The zero-order valence-electron chi connectivity index (χ0n) is 15.5. The van der Waals surface area contributed by atoms with Gasteiger partial charge in [0.15, 0.2) is 0 Å². The molecule has 1 amide bonds. The highest BCUT2D eigenvalue weighted by Gasteiger charge is 2.23. The highest BCUT2D eigenvalue weighted by Crippen LogP contribution is 2.34. The second-order valence-electron chi connectivity index (χ2n) is 6.69. The van der Waals surface area contributed by atoms with Gasteiger partial charge in [0.1, 0.15) is 5.75 Å². The topological polar surface area (TPSA) is 95.9 Å². The summed E-state index contributed by atoms with van der Waals surface area (Å²) >= 11 is 0. The number of sulfonamides is 1. The summed E-state index contributed by atoms with van der Waals surface area (Å²) in [5.74, 6) is -0.442. The zero-order chi connectivity index (χ0) is 20.4. The Morgan fingerprint density at radius 1 is 0.931 bits per heavy atom. The standard InChI is InChI=1S/C21H20N2O5S/c24-20-17-7-4-8-19(22-29(26,27)15-5-2-1-3-6-15)16(17)9-10-18(20)21(25)23-11-13-28-14-12-23/h1-10,22,24H,11-14H2. The monoisotopic (exact) mass is 412 g/mol. The van der Waals surface area contributed by atoms with Crippen molar-refractivity contribution in [1.82, 2.24) is 4.90 Å². The largest absolute Gasteiger partial charge is 0.506 e. The van der Waals surface area contributed by atoms with Crippen LogP contribution in [0.1, 0.15) is 10.4 Å². The van der Waals surface area contributed by atoms with Crippen LogP contribution in [-0.2, 0) is 14.8 Å². The first kappa shape index (κ1) is 19.2. The van der Waals surface area contributed by atoms with Crippen molar-refractivity contribution in [2.24, 2.45) is 0 Å². The number of benzene rings is 3. The molecule has 1 aliphatic rings. The summed E-state index contributed by atoms with van der Waals surface area (Å²) in [6.45, 7) is 1.86. The van der Waals surface area contributed by atoms with E-state index in [0.717, 1.165) is 0 Å². The number of ether oxygens (including phenoxy) is 1. The van der Waals surface area contributed by atoms with E-state index in [9.17, 15) is 18.3 Å². The molecule has 0 bridgehead atoms. The van der Waals surface area contributed by atoms with E-state index in [1.807, 2.05) is 0 Å². The van der Waals surface area contributed by atoms with Crippen LogP contribution in [0.2, 0.25) is 0 Å². The minimum absolute atomic E-state index is 0.139. The zero-order valence-corrected chi connectivity index (χ0v) is 16.4. The van der Waals surface area contributed by atoms with Crippen LogP contribution in [0, 0.1) is 0 Å². The lowest BCUT2D eigenvalue weighted by molar-refractivity contribution is 0.0301. The molecule has 8 heteroatoms. The summed E-state index contributed by atoms with van der Waals surface area (Å²) in [6.07, 6.45) is 0. The van der Waals surface area contributed by atoms with E-state index in [1.54, 1.807) is 47.4 Å². The molecule has 3 aromatic carbocycles. The molecule has 2 N–H and O–H groups in total. The molecule has 150 valence electrons. The van der Waals surface area contributed by atoms with Crippen molar-refractivity contribution in [3.05, 3.63) is 66.2 Å². The third-order valence-electron chi connectivity index (χ3n) is 4.86. The predicted octanol–water partition coefficient (Wildman–Crippen LogP) is 2.82. The normalized spacial score (nSPS) is 14.7. The lowest BCUT2D eigenvalue weighted by Gasteiger charge is -2.27. The maximum absolute atomic E-state index is 12.8. The second-order valence-corrected chi connectivity index (χ2v) is 8.37. The van der Waals surface area contributed by atoms with E-state index < -0.39 is 10.0 Å². The molecule has 1 heterocycles. The molecule has 0 aromatic heterocycles. The van der Waals surface area contributed by atoms with E-state index in [2.05, 4.69) is 4.72 Å². The molecule has 0 atom stereocenters. The number of amides is 1. The molecule has 7 nitrogen and oxygen atoms in total. The van der Waals surface area contributed by atoms with Gasteiger partial charge >= 0.3 is 0 Å². The van der Waals surface area contributed by atoms with Gasteiger partial charge in [0.2, 0.25) is 0 Å². The highest BCUT2D eigenvalue weighted by molar-refractivity contribution is 7.92. The van der Waals surface area contributed by atoms with Gasteiger partial charge in [0, 0.05) is 23.9 Å².